The first-order valence-electron chi connectivity index (χ1n) is 8.20. The predicted octanol–water partition coefficient (Wildman–Crippen LogP) is 2.00. The van der Waals surface area contributed by atoms with E-state index in [1.165, 1.54) is 38.5 Å². The third-order valence-electron chi connectivity index (χ3n) is 3.63. The van der Waals surface area contributed by atoms with Crippen LogP contribution in [0.25, 0.3) is 6.08 Å². The summed E-state index contributed by atoms with van der Waals surface area (Å²) in [5.41, 5.74) is 6.34. The normalized spacial score (nSPS) is 10.4. The summed E-state index contributed by atoms with van der Waals surface area (Å²) in [5, 5.41) is 2.48. The third-order valence-corrected chi connectivity index (χ3v) is 3.63. The molecule has 0 saturated heterocycles. The van der Waals surface area contributed by atoms with Crippen LogP contribution in [0.3, 0.4) is 0 Å². The van der Waals surface area contributed by atoms with Crippen molar-refractivity contribution in [3.05, 3.63) is 59.7 Å². The maximum atomic E-state index is 11.9. The smallest absolute Gasteiger partial charge is 0.331 e. The lowest BCUT2D eigenvalue weighted by molar-refractivity contribution is -0.142. The van der Waals surface area contributed by atoms with Crippen LogP contribution in [0.4, 0.5) is 5.69 Å². The zero-order chi connectivity index (χ0) is 20.5. The number of nitrogens with two attached hydrogens (primary N) is 1. The van der Waals surface area contributed by atoms with Crippen molar-refractivity contribution >= 4 is 29.5 Å². The molecule has 0 fully saturated rings. The first-order chi connectivity index (χ1) is 13.4. The fraction of sp³-hybridized carbons (Fsp3) is 0.150. The van der Waals surface area contributed by atoms with Crippen LogP contribution in [0.2, 0.25) is 0 Å². The van der Waals surface area contributed by atoms with Crippen LogP contribution in [-0.2, 0) is 14.3 Å². The van der Waals surface area contributed by atoms with E-state index in [4.69, 9.17) is 19.9 Å². The Hall–Kier alpha value is -3.81. The van der Waals surface area contributed by atoms with E-state index in [0.717, 1.165) is 0 Å². The average molecular weight is 384 g/mol. The minimum atomic E-state index is -0.701. The summed E-state index contributed by atoms with van der Waals surface area (Å²) < 4.78 is 15.2. The molecule has 0 heterocycles. The summed E-state index contributed by atoms with van der Waals surface area (Å²) in [6.45, 7) is -0.512. The number of ether oxygens (including phenoxy) is 3. The second-order valence-corrected chi connectivity index (χ2v) is 5.51. The number of methoxy groups -OCH3 is 2. The number of anilines is 1. The Bertz CT molecular complexity index is 907. The Morgan fingerprint density at radius 2 is 1.75 bits per heavy atom. The van der Waals surface area contributed by atoms with Crippen LogP contribution in [0.1, 0.15) is 15.9 Å². The van der Waals surface area contributed by atoms with Gasteiger partial charge in [0, 0.05) is 6.08 Å². The molecular weight excluding hydrogens is 364 g/mol. The van der Waals surface area contributed by atoms with Crippen LogP contribution >= 0.6 is 0 Å². The van der Waals surface area contributed by atoms with Gasteiger partial charge in [0.15, 0.2) is 18.1 Å². The fourth-order valence-electron chi connectivity index (χ4n) is 2.30. The number of carbonyl (C=O) groups excluding carboxylic acids is 3. The minimum absolute atomic E-state index is 0.163. The van der Waals surface area contributed by atoms with E-state index in [-0.39, 0.29) is 11.3 Å². The number of benzene rings is 2. The Morgan fingerprint density at radius 1 is 1.04 bits per heavy atom. The van der Waals surface area contributed by atoms with Crippen molar-refractivity contribution in [2.24, 2.45) is 5.73 Å². The van der Waals surface area contributed by atoms with E-state index in [1.54, 1.807) is 30.3 Å². The van der Waals surface area contributed by atoms with E-state index >= 15 is 0 Å². The van der Waals surface area contributed by atoms with Crippen LogP contribution < -0.4 is 20.5 Å². The van der Waals surface area contributed by atoms with E-state index < -0.39 is 24.4 Å². The molecule has 0 radical (unpaired) electrons. The number of nitrogens with one attached hydrogen (secondary N) is 1. The highest BCUT2D eigenvalue weighted by Crippen LogP contribution is 2.27. The highest BCUT2D eigenvalue weighted by molar-refractivity contribution is 6.03. The molecule has 3 N–H and O–H groups in total. The second kappa shape index (κ2) is 9.77. The molecule has 0 atom stereocenters. The van der Waals surface area contributed by atoms with Gasteiger partial charge in [0.2, 0.25) is 0 Å². The molecule has 2 rings (SSSR count). The lowest BCUT2D eigenvalue weighted by atomic mass is 10.1. The van der Waals surface area contributed by atoms with Gasteiger partial charge in [0.25, 0.3) is 11.8 Å². The van der Waals surface area contributed by atoms with Crippen LogP contribution in [0, 0.1) is 0 Å². The van der Waals surface area contributed by atoms with Gasteiger partial charge in [-0.1, -0.05) is 18.2 Å². The summed E-state index contributed by atoms with van der Waals surface area (Å²) in [4.78, 5) is 35.1. The lowest BCUT2D eigenvalue weighted by Gasteiger charge is -2.08. The number of para-hydroxylation sites is 1. The van der Waals surface area contributed by atoms with Gasteiger partial charge in [-0.15, -0.1) is 0 Å². The number of amides is 2. The molecule has 0 saturated carbocycles. The monoisotopic (exact) mass is 384 g/mol. The number of primary amides is 1. The Morgan fingerprint density at radius 3 is 2.43 bits per heavy atom. The lowest BCUT2D eigenvalue weighted by Crippen LogP contribution is -2.22. The average Bonchev–Trinajstić information content (AvgIpc) is 2.70. The third kappa shape index (κ3) is 5.60. The zero-order valence-electron chi connectivity index (χ0n) is 15.4. The van der Waals surface area contributed by atoms with Gasteiger partial charge in [0.1, 0.15) is 0 Å². The van der Waals surface area contributed by atoms with Gasteiger partial charge < -0.3 is 25.3 Å². The van der Waals surface area contributed by atoms with Gasteiger partial charge in [-0.3, -0.25) is 9.59 Å². The summed E-state index contributed by atoms with van der Waals surface area (Å²) in [6.07, 6.45) is 2.70. The highest BCUT2D eigenvalue weighted by atomic mass is 16.5. The molecule has 0 spiro atoms. The molecule has 0 aliphatic carbocycles. The zero-order valence-corrected chi connectivity index (χ0v) is 15.4. The van der Waals surface area contributed by atoms with Gasteiger partial charge in [-0.05, 0) is 35.9 Å². The Kier molecular flexibility index (Phi) is 7.15. The number of hydrogen-bond donors (Lipinski definition) is 2. The van der Waals surface area contributed by atoms with Crippen molar-refractivity contribution in [1.29, 1.82) is 0 Å². The molecule has 28 heavy (non-hydrogen) atoms. The molecular formula is C20H20N2O6. The molecule has 2 aromatic rings. The molecule has 0 unspecified atom stereocenters. The first-order valence-corrected chi connectivity index (χ1v) is 8.20. The number of carbonyl (C=O) groups is 3. The van der Waals surface area contributed by atoms with Crippen LogP contribution in [-0.4, -0.2) is 38.6 Å². The molecule has 8 nitrogen and oxygen atoms in total. The van der Waals surface area contributed by atoms with Crippen molar-refractivity contribution < 1.29 is 28.6 Å². The van der Waals surface area contributed by atoms with E-state index in [2.05, 4.69) is 5.32 Å². The van der Waals surface area contributed by atoms with Crippen molar-refractivity contribution in [2.45, 2.75) is 0 Å². The molecule has 0 aliphatic rings. The van der Waals surface area contributed by atoms with E-state index in [1.807, 2.05) is 0 Å². The molecule has 2 amide bonds. The van der Waals surface area contributed by atoms with Crippen LogP contribution in [0.5, 0.6) is 11.5 Å². The maximum absolute atomic E-state index is 11.9. The van der Waals surface area contributed by atoms with Gasteiger partial charge >= 0.3 is 5.97 Å². The largest absolute Gasteiger partial charge is 0.493 e. The van der Waals surface area contributed by atoms with Crippen molar-refractivity contribution in [2.75, 3.05) is 26.1 Å². The number of hydrogen-bond acceptors (Lipinski definition) is 6. The van der Waals surface area contributed by atoms with Crippen LogP contribution in [0.15, 0.2) is 48.5 Å². The molecule has 8 heteroatoms. The van der Waals surface area contributed by atoms with Gasteiger partial charge in [-0.2, -0.15) is 0 Å². The Balaban J connectivity index is 1.91. The minimum Gasteiger partial charge on any atom is -0.493 e. The summed E-state index contributed by atoms with van der Waals surface area (Å²) in [5.74, 6) is -0.888. The Labute approximate surface area is 161 Å². The van der Waals surface area contributed by atoms with Crippen molar-refractivity contribution in [1.82, 2.24) is 0 Å². The second-order valence-electron chi connectivity index (χ2n) is 5.51. The van der Waals surface area contributed by atoms with Gasteiger partial charge in [-0.25, -0.2) is 4.79 Å². The molecule has 0 aliphatic heterocycles. The standard InChI is InChI=1S/C20H20N2O6/c1-26-16-9-7-13(11-17(16)27-2)8-10-19(24)28-12-18(23)22-15-6-4-3-5-14(15)20(21)25/h3-11H,12H2,1-2H3,(H2,21,25)(H,22,23)/b10-8+. The summed E-state index contributed by atoms with van der Waals surface area (Å²) in [7, 11) is 3.03. The quantitative estimate of drug-likeness (QED) is 0.531. The number of rotatable bonds is 8. The van der Waals surface area contributed by atoms with Crippen molar-refractivity contribution in [3.63, 3.8) is 0 Å². The predicted molar refractivity (Wildman–Crippen MR) is 103 cm³/mol. The summed E-state index contributed by atoms with van der Waals surface area (Å²) >= 11 is 0. The first kappa shape index (κ1) is 20.5. The van der Waals surface area contributed by atoms with Gasteiger partial charge in [0.05, 0.1) is 25.5 Å². The molecule has 0 bridgehead atoms. The van der Waals surface area contributed by atoms with E-state index in [0.29, 0.717) is 17.1 Å². The molecule has 146 valence electrons. The topological polar surface area (TPSA) is 117 Å². The summed E-state index contributed by atoms with van der Waals surface area (Å²) in [6, 6.07) is 11.4. The van der Waals surface area contributed by atoms with E-state index in [9.17, 15) is 14.4 Å². The maximum Gasteiger partial charge on any atom is 0.331 e. The highest BCUT2D eigenvalue weighted by Gasteiger charge is 2.11. The molecule has 0 aromatic heterocycles. The van der Waals surface area contributed by atoms with Crippen molar-refractivity contribution in [3.8, 4) is 11.5 Å². The molecule has 2 aromatic carbocycles. The number of esters is 1. The SMILES string of the molecule is COc1ccc(/C=C/C(=O)OCC(=O)Nc2ccccc2C(N)=O)cc1OC. The fourth-order valence-corrected chi connectivity index (χ4v) is 2.30.